The molecule has 2 aromatic rings. The molecule has 0 bridgehead atoms. The van der Waals surface area contributed by atoms with E-state index in [0.29, 0.717) is 38.3 Å². The maximum Gasteiger partial charge on any atom is 0.226 e. The summed E-state index contributed by atoms with van der Waals surface area (Å²) in [6.45, 7) is 9.64. The van der Waals surface area contributed by atoms with Crippen LogP contribution in [0.25, 0.3) is 11.1 Å². The normalized spacial score (nSPS) is 22.0. The third-order valence-corrected chi connectivity index (χ3v) is 7.34. The smallest absolute Gasteiger partial charge is 0.226 e. The molecule has 4 nitrogen and oxygen atoms in total. The maximum atomic E-state index is 13.5. The van der Waals surface area contributed by atoms with Crippen LogP contribution in [0.5, 0.6) is 0 Å². The number of carbonyl (C=O) groups excluding carboxylic acids is 2. The van der Waals surface area contributed by atoms with Crippen LogP contribution in [0.15, 0.2) is 48.5 Å². The van der Waals surface area contributed by atoms with Gasteiger partial charge in [0.15, 0.2) is 0 Å². The first-order valence-electron chi connectivity index (χ1n) is 12.0. The lowest BCUT2D eigenvalue weighted by Gasteiger charge is -2.41. The molecular weight excluding hydrogens is 396 g/mol. The summed E-state index contributed by atoms with van der Waals surface area (Å²) in [5.41, 5.74) is 4.37. The predicted octanol–water partition coefficient (Wildman–Crippen LogP) is 4.99. The minimum Gasteiger partial charge on any atom is -0.353 e. The fraction of sp³-hybridized carbons (Fsp3) is 0.500. The lowest BCUT2D eigenvalue weighted by Crippen LogP contribution is -2.52. The summed E-state index contributed by atoms with van der Waals surface area (Å²) in [5.74, 6) is 1.13. The van der Waals surface area contributed by atoms with Gasteiger partial charge >= 0.3 is 0 Å². The number of likely N-dealkylation sites (tertiary alicyclic amines) is 1. The highest BCUT2D eigenvalue weighted by Crippen LogP contribution is 2.43. The van der Waals surface area contributed by atoms with Gasteiger partial charge < -0.3 is 10.2 Å². The molecule has 2 aliphatic rings. The maximum absolute atomic E-state index is 13.5. The molecule has 2 fully saturated rings. The molecule has 0 aromatic heterocycles. The molecule has 1 aliphatic heterocycles. The zero-order valence-corrected chi connectivity index (χ0v) is 19.9. The number of piperidine rings is 1. The minimum atomic E-state index is -0.491. The molecule has 2 amide bonds. The van der Waals surface area contributed by atoms with Gasteiger partial charge in [0.25, 0.3) is 0 Å². The molecule has 1 saturated carbocycles. The zero-order valence-electron chi connectivity index (χ0n) is 19.9. The monoisotopic (exact) mass is 432 g/mol. The van der Waals surface area contributed by atoms with Crippen LogP contribution in [-0.2, 0) is 16.0 Å². The van der Waals surface area contributed by atoms with Gasteiger partial charge in [-0.15, -0.1) is 0 Å². The third kappa shape index (κ3) is 4.60. The van der Waals surface area contributed by atoms with Crippen LogP contribution in [-0.4, -0.2) is 35.8 Å². The molecule has 1 heterocycles. The summed E-state index contributed by atoms with van der Waals surface area (Å²) in [7, 11) is 0. The van der Waals surface area contributed by atoms with Gasteiger partial charge in [0.2, 0.25) is 11.8 Å². The number of nitrogens with one attached hydrogen (secondary N) is 1. The second kappa shape index (κ2) is 9.09. The van der Waals surface area contributed by atoms with Crippen molar-refractivity contribution in [1.29, 1.82) is 0 Å². The van der Waals surface area contributed by atoms with E-state index in [1.54, 1.807) is 0 Å². The van der Waals surface area contributed by atoms with E-state index >= 15 is 0 Å². The van der Waals surface area contributed by atoms with Crippen molar-refractivity contribution in [2.24, 2.45) is 17.3 Å². The Balaban J connectivity index is 1.61. The number of rotatable bonds is 6. The summed E-state index contributed by atoms with van der Waals surface area (Å²) in [4.78, 5) is 28.3. The molecule has 32 heavy (non-hydrogen) atoms. The van der Waals surface area contributed by atoms with Crippen LogP contribution in [0, 0.1) is 24.2 Å². The molecule has 0 unspecified atom stereocenters. The average Bonchev–Trinajstić information content (AvgIpc) is 3.51. The first-order valence-corrected chi connectivity index (χ1v) is 12.0. The number of amides is 2. The molecule has 1 saturated heterocycles. The second-order valence-electron chi connectivity index (χ2n) is 10.2. The SMILES string of the molecule is Cc1ccccc1-c1ccccc1CC1(C(=O)NC(C)C)CCN(C(=O)[C@H]2C[C@@H]2C)CC1. The van der Waals surface area contributed by atoms with E-state index in [1.807, 2.05) is 18.7 Å². The number of aryl methyl sites for hydroxylation is 1. The van der Waals surface area contributed by atoms with Crippen molar-refractivity contribution in [3.8, 4) is 11.1 Å². The zero-order chi connectivity index (χ0) is 22.9. The Labute approximate surface area is 192 Å². The molecule has 4 rings (SSSR count). The minimum absolute atomic E-state index is 0.0953. The van der Waals surface area contributed by atoms with Crippen molar-refractivity contribution in [2.75, 3.05) is 13.1 Å². The molecule has 4 heteroatoms. The molecule has 1 aliphatic carbocycles. The number of benzene rings is 2. The lowest BCUT2D eigenvalue weighted by atomic mass is 9.71. The molecule has 2 atom stereocenters. The molecule has 0 spiro atoms. The predicted molar refractivity (Wildman–Crippen MR) is 129 cm³/mol. The van der Waals surface area contributed by atoms with E-state index in [-0.39, 0.29) is 23.8 Å². The molecular formula is C28H36N2O2. The number of hydrogen-bond acceptors (Lipinski definition) is 2. The van der Waals surface area contributed by atoms with Crippen molar-refractivity contribution >= 4 is 11.8 Å². The summed E-state index contributed by atoms with van der Waals surface area (Å²) in [6, 6.07) is 17.0. The molecule has 0 radical (unpaired) electrons. The van der Waals surface area contributed by atoms with E-state index in [0.717, 1.165) is 6.42 Å². The van der Waals surface area contributed by atoms with E-state index in [9.17, 15) is 9.59 Å². The average molecular weight is 433 g/mol. The quantitative estimate of drug-likeness (QED) is 0.699. The van der Waals surface area contributed by atoms with Gasteiger partial charge in [-0.2, -0.15) is 0 Å². The highest BCUT2D eigenvalue weighted by atomic mass is 16.2. The summed E-state index contributed by atoms with van der Waals surface area (Å²) >= 11 is 0. The Bertz CT molecular complexity index is 988. The number of nitrogens with zero attached hydrogens (tertiary/aromatic N) is 1. The van der Waals surface area contributed by atoms with Crippen molar-refractivity contribution in [3.05, 3.63) is 59.7 Å². The Morgan fingerprint density at radius 3 is 2.22 bits per heavy atom. The third-order valence-electron chi connectivity index (χ3n) is 7.34. The van der Waals surface area contributed by atoms with E-state index in [4.69, 9.17) is 0 Å². The van der Waals surface area contributed by atoms with Gasteiger partial charge in [-0.05, 0) is 74.6 Å². The fourth-order valence-electron chi connectivity index (χ4n) is 5.13. The molecule has 1 N–H and O–H groups in total. The topological polar surface area (TPSA) is 49.4 Å². The van der Waals surface area contributed by atoms with Crippen LogP contribution in [0.1, 0.15) is 51.2 Å². The van der Waals surface area contributed by atoms with Crippen LogP contribution >= 0.6 is 0 Å². The van der Waals surface area contributed by atoms with Crippen molar-refractivity contribution in [3.63, 3.8) is 0 Å². The van der Waals surface area contributed by atoms with Crippen LogP contribution in [0.2, 0.25) is 0 Å². The largest absolute Gasteiger partial charge is 0.353 e. The van der Waals surface area contributed by atoms with Crippen LogP contribution in [0.4, 0.5) is 0 Å². The van der Waals surface area contributed by atoms with E-state index in [1.165, 1.54) is 22.3 Å². The summed E-state index contributed by atoms with van der Waals surface area (Å²) in [6.07, 6.45) is 3.12. The standard InChI is InChI=1S/C28H36N2O2/c1-19(2)29-27(32)28(13-15-30(16-14-28)26(31)25-17-21(25)4)18-22-10-6-8-12-24(22)23-11-7-5-9-20(23)3/h5-12,19,21,25H,13-18H2,1-4H3,(H,29,32)/t21-,25-/m0/s1. The molecule has 170 valence electrons. The number of carbonyl (C=O) groups is 2. The van der Waals surface area contributed by atoms with E-state index in [2.05, 4.69) is 67.7 Å². The summed E-state index contributed by atoms with van der Waals surface area (Å²) < 4.78 is 0. The van der Waals surface area contributed by atoms with Gasteiger partial charge in [0.05, 0.1) is 5.41 Å². The van der Waals surface area contributed by atoms with Crippen molar-refractivity contribution in [1.82, 2.24) is 10.2 Å². The van der Waals surface area contributed by atoms with Gasteiger partial charge in [-0.25, -0.2) is 0 Å². The Kier molecular flexibility index (Phi) is 6.41. The van der Waals surface area contributed by atoms with Gasteiger partial charge in [-0.1, -0.05) is 55.5 Å². The van der Waals surface area contributed by atoms with E-state index < -0.39 is 5.41 Å². The van der Waals surface area contributed by atoms with Gasteiger partial charge in [-0.3, -0.25) is 9.59 Å². The summed E-state index contributed by atoms with van der Waals surface area (Å²) in [5, 5.41) is 3.19. The fourth-order valence-corrected chi connectivity index (χ4v) is 5.13. The highest BCUT2D eigenvalue weighted by Gasteiger charge is 2.46. The Hall–Kier alpha value is -2.62. The Morgan fingerprint density at radius 1 is 1.03 bits per heavy atom. The van der Waals surface area contributed by atoms with Gasteiger partial charge in [0, 0.05) is 25.0 Å². The molecule has 2 aromatic carbocycles. The van der Waals surface area contributed by atoms with Crippen LogP contribution in [0.3, 0.4) is 0 Å². The highest BCUT2D eigenvalue weighted by molar-refractivity contribution is 5.85. The van der Waals surface area contributed by atoms with Crippen molar-refractivity contribution < 1.29 is 9.59 Å². The number of hydrogen-bond donors (Lipinski definition) is 1. The lowest BCUT2D eigenvalue weighted by molar-refractivity contribution is -0.141. The van der Waals surface area contributed by atoms with Crippen molar-refractivity contribution in [2.45, 2.75) is 59.4 Å². The Morgan fingerprint density at radius 2 is 1.62 bits per heavy atom. The second-order valence-corrected chi connectivity index (χ2v) is 10.2. The first kappa shape index (κ1) is 22.6. The van der Waals surface area contributed by atoms with Gasteiger partial charge in [0.1, 0.15) is 0 Å². The van der Waals surface area contributed by atoms with Crippen LogP contribution < -0.4 is 5.32 Å². The first-order chi connectivity index (χ1) is 15.3.